The van der Waals surface area contributed by atoms with Crippen LogP contribution in [0.4, 0.5) is 0 Å². The summed E-state index contributed by atoms with van der Waals surface area (Å²) in [6.07, 6.45) is 1.98. The first kappa shape index (κ1) is 8.20. The Morgan fingerprint density at radius 3 is 2.83 bits per heavy atom. The molecular weight excluding hydrogens is 168 g/mol. The van der Waals surface area contributed by atoms with Crippen LogP contribution in [-0.4, -0.2) is 11.5 Å². The highest BCUT2D eigenvalue weighted by atomic mass is 32.1. The van der Waals surface area contributed by atoms with E-state index >= 15 is 0 Å². The zero-order valence-corrected chi connectivity index (χ0v) is 8.27. The van der Waals surface area contributed by atoms with Gasteiger partial charge in [0.15, 0.2) is 0 Å². The highest BCUT2D eigenvalue weighted by Crippen LogP contribution is 2.64. The fraction of sp³-hybridized carbons (Fsp3) is 0.667. The molecule has 1 aromatic heterocycles. The lowest BCUT2D eigenvalue weighted by atomic mass is 10.1. The van der Waals surface area contributed by atoms with Gasteiger partial charge in [-0.25, -0.2) is 0 Å². The lowest BCUT2D eigenvalue weighted by Gasteiger charge is -1.98. The zero-order chi connectivity index (χ0) is 8.77. The van der Waals surface area contributed by atoms with Crippen molar-refractivity contribution in [3.63, 3.8) is 0 Å². The molecule has 0 amide bonds. The van der Waals surface area contributed by atoms with Gasteiger partial charge in [-0.1, -0.05) is 13.8 Å². The van der Waals surface area contributed by atoms with Crippen LogP contribution in [0.25, 0.3) is 0 Å². The predicted molar refractivity (Wildman–Crippen MR) is 51.2 cm³/mol. The standard InChI is InChI=1S/C9H14N2S/c1-9(2)6(3-10)8(9)7-4-11-5-12-7/h4-6,8H,3,10H2,1-2H3. The van der Waals surface area contributed by atoms with Crippen molar-refractivity contribution >= 4 is 11.3 Å². The SMILES string of the molecule is CC1(C)C(CN)C1c1cncs1. The Bertz CT molecular complexity index is 266. The molecule has 1 saturated carbocycles. The van der Waals surface area contributed by atoms with Gasteiger partial charge in [0.2, 0.25) is 0 Å². The maximum Gasteiger partial charge on any atom is 0.0794 e. The summed E-state index contributed by atoms with van der Waals surface area (Å²) in [4.78, 5) is 5.49. The van der Waals surface area contributed by atoms with E-state index in [9.17, 15) is 0 Å². The molecule has 0 spiro atoms. The highest BCUT2D eigenvalue weighted by Gasteiger charge is 2.57. The van der Waals surface area contributed by atoms with Gasteiger partial charge in [0.05, 0.1) is 5.51 Å². The molecule has 2 rings (SSSR count). The third-order valence-corrected chi connectivity index (χ3v) is 3.92. The topological polar surface area (TPSA) is 38.9 Å². The van der Waals surface area contributed by atoms with Crippen LogP contribution >= 0.6 is 11.3 Å². The van der Waals surface area contributed by atoms with Crippen LogP contribution in [0.3, 0.4) is 0 Å². The Kier molecular flexibility index (Phi) is 1.73. The van der Waals surface area contributed by atoms with Gasteiger partial charge in [-0.15, -0.1) is 11.3 Å². The molecule has 66 valence electrons. The molecule has 3 heteroatoms. The molecule has 1 aromatic rings. The third kappa shape index (κ3) is 1.00. The van der Waals surface area contributed by atoms with Crippen LogP contribution in [0.1, 0.15) is 24.6 Å². The number of hydrogen-bond donors (Lipinski definition) is 1. The summed E-state index contributed by atoms with van der Waals surface area (Å²) in [6, 6.07) is 0. The molecule has 2 unspecified atom stereocenters. The van der Waals surface area contributed by atoms with E-state index in [-0.39, 0.29) is 0 Å². The van der Waals surface area contributed by atoms with Gasteiger partial charge in [-0.2, -0.15) is 0 Å². The van der Waals surface area contributed by atoms with Crippen molar-refractivity contribution in [2.45, 2.75) is 19.8 Å². The fourth-order valence-electron chi connectivity index (χ4n) is 2.13. The minimum atomic E-state index is 0.404. The second kappa shape index (κ2) is 2.54. The third-order valence-electron chi connectivity index (χ3n) is 3.06. The lowest BCUT2D eigenvalue weighted by Crippen LogP contribution is -2.05. The Labute approximate surface area is 76.8 Å². The molecule has 0 aliphatic heterocycles. The van der Waals surface area contributed by atoms with Crippen molar-refractivity contribution < 1.29 is 0 Å². The molecule has 0 saturated heterocycles. The van der Waals surface area contributed by atoms with Crippen LogP contribution in [0.15, 0.2) is 11.7 Å². The van der Waals surface area contributed by atoms with Gasteiger partial charge < -0.3 is 5.73 Å². The smallest absolute Gasteiger partial charge is 0.0794 e. The largest absolute Gasteiger partial charge is 0.330 e. The average molecular weight is 182 g/mol. The molecule has 0 bridgehead atoms. The Balaban J connectivity index is 2.19. The average Bonchev–Trinajstić information content (AvgIpc) is 2.50. The van der Waals surface area contributed by atoms with E-state index in [2.05, 4.69) is 18.8 Å². The number of nitrogens with two attached hydrogens (primary N) is 1. The van der Waals surface area contributed by atoms with Crippen LogP contribution in [-0.2, 0) is 0 Å². The Hall–Kier alpha value is -0.410. The normalized spacial score (nSPS) is 31.9. The molecule has 1 heterocycles. The van der Waals surface area contributed by atoms with Gasteiger partial charge in [0.25, 0.3) is 0 Å². The number of hydrogen-bond acceptors (Lipinski definition) is 3. The van der Waals surface area contributed by atoms with Crippen molar-refractivity contribution in [2.24, 2.45) is 17.1 Å². The van der Waals surface area contributed by atoms with E-state index in [4.69, 9.17) is 5.73 Å². The summed E-state index contributed by atoms with van der Waals surface area (Å²) in [5, 5.41) is 0. The van der Waals surface area contributed by atoms with Crippen molar-refractivity contribution in [1.29, 1.82) is 0 Å². The molecule has 2 nitrogen and oxygen atoms in total. The molecule has 0 radical (unpaired) electrons. The molecule has 12 heavy (non-hydrogen) atoms. The summed E-state index contributed by atoms with van der Waals surface area (Å²) in [5.74, 6) is 1.33. The van der Waals surface area contributed by atoms with Gasteiger partial charge >= 0.3 is 0 Å². The quantitative estimate of drug-likeness (QED) is 0.758. The highest BCUT2D eigenvalue weighted by molar-refractivity contribution is 7.09. The van der Waals surface area contributed by atoms with E-state index < -0.39 is 0 Å². The summed E-state index contributed by atoms with van der Waals surface area (Å²) in [6.45, 7) is 5.37. The number of nitrogens with zero attached hydrogens (tertiary/aromatic N) is 1. The van der Waals surface area contributed by atoms with E-state index in [0.29, 0.717) is 17.3 Å². The Morgan fingerprint density at radius 2 is 2.42 bits per heavy atom. The first-order chi connectivity index (χ1) is 5.68. The lowest BCUT2D eigenvalue weighted by molar-refractivity contribution is 0.559. The Morgan fingerprint density at radius 1 is 1.67 bits per heavy atom. The van der Waals surface area contributed by atoms with Crippen molar-refractivity contribution in [2.75, 3.05) is 6.54 Å². The van der Waals surface area contributed by atoms with Crippen LogP contribution in [0.2, 0.25) is 0 Å². The van der Waals surface area contributed by atoms with Crippen LogP contribution < -0.4 is 5.73 Å². The zero-order valence-electron chi connectivity index (χ0n) is 7.45. The molecular formula is C9H14N2S. The molecule has 0 aromatic carbocycles. The molecule has 1 aliphatic rings. The van der Waals surface area contributed by atoms with Gasteiger partial charge in [0.1, 0.15) is 0 Å². The summed E-state index contributed by atoms with van der Waals surface area (Å²) >= 11 is 1.75. The van der Waals surface area contributed by atoms with E-state index in [1.165, 1.54) is 4.88 Å². The second-order valence-corrected chi connectivity index (χ2v) is 4.96. The van der Waals surface area contributed by atoms with E-state index in [1.54, 1.807) is 11.3 Å². The van der Waals surface area contributed by atoms with Gasteiger partial charge in [-0.05, 0) is 17.9 Å². The second-order valence-electron chi connectivity index (χ2n) is 4.05. The summed E-state index contributed by atoms with van der Waals surface area (Å²) in [5.41, 5.74) is 7.99. The molecule has 2 N–H and O–H groups in total. The number of aromatic nitrogens is 1. The maximum atomic E-state index is 5.69. The predicted octanol–water partition coefficient (Wildman–Crippen LogP) is 1.84. The first-order valence-corrected chi connectivity index (χ1v) is 5.14. The van der Waals surface area contributed by atoms with E-state index in [1.807, 2.05) is 11.7 Å². The monoisotopic (exact) mass is 182 g/mol. The maximum absolute atomic E-state index is 5.69. The number of rotatable bonds is 2. The molecule has 2 atom stereocenters. The van der Waals surface area contributed by atoms with Crippen LogP contribution in [0, 0.1) is 11.3 Å². The van der Waals surface area contributed by atoms with Gasteiger partial charge in [-0.3, -0.25) is 4.98 Å². The molecule has 1 fully saturated rings. The molecule has 1 aliphatic carbocycles. The van der Waals surface area contributed by atoms with Crippen molar-refractivity contribution in [3.8, 4) is 0 Å². The van der Waals surface area contributed by atoms with Crippen LogP contribution in [0.5, 0.6) is 0 Å². The minimum Gasteiger partial charge on any atom is -0.330 e. The first-order valence-electron chi connectivity index (χ1n) is 4.26. The fourth-order valence-corrected chi connectivity index (χ4v) is 3.11. The summed E-state index contributed by atoms with van der Waals surface area (Å²) in [7, 11) is 0. The number of thiazole rings is 1. The van der Waals surface area contributed by atoms with Crippen molar-refractivity contribution in [3.05, 3.63) is 16.6 Å². The van der Waals surface area contributed by atoms with E-state index in [0.717, 1.165) is 6.54 Å². The van der Waals surface area contributed by atoms with Gasteiger partial charge in [0, 0.05) is 17.0 Å². The minimum absolute atomic E-state index is 0.404. The van der Waals surface area contributed by atoms with Crippen molar-refractivity contribution in [1.82, 2.24) is 4.98 Å². The summed E-state index contributed by atoms with van der Waals surface area (Å²) < 4.78 is 0.